The molecule has 3 aromatic rings. The van der Waals surface area contributed by atoms with Gasteiger partial charge in [0.25, 0.3) is 5.69 Å². The Balaban J connectivity index is 1.34. The summed E-state index contributed by atoms with van der Waals surface area (Å²) in [6.45, 7) is 0. The Morgan fingerprint density at radius 2 is 1.77 bits per heavy atom. The molecule has 148 valence electrons. The zero-order chi connectivity index (χ0) is 20.5. The lowest BCUT2D eigenvalue weighted by Gasteiger charge is -2.37. The molecule has 0 unspecified atom stereocenters. The summed E-state index contributed by atoms with van der Waals surface area (Å²) in [6.07, 6.45) is 7.46. The third kappa shape index (κ3) is 3.39. The summed E-state index contributed by atoms with van der Waals surface area (Å²) in [4.78, 5) is 14.9. The number of fused-ring (bicyclic) bond motifs is 3. The highest BCUT2D eigenvalue weighted by Crippen LogP contribution is 2.49. The van der Waals surface area contributed by atoms with E-state index in [1.165, 1.54) is 28.9 Å². The van der Waals surface area contributed by atoms with E-state index in [-0.39, 0.29) is 11.7 Å². The van der Waals surface area contributed by atoms with Crippen molar-refractivity contribution in [2.75, 3.05) is 5.32 Å². The molecule has 1 aliphatic heterocycles. The maximum Gasteiger partial charge on any atom is 0.269 e. The van der Waals surface area contributed by atoms with Gasteiger partial charge in [-0.25, -0.2) is 0 Å². The lowest BCUT2D eigenvalue weighted by atomic mass is 9.77. The molecular weight excluding hydrogens is 374 g/mol. The van der Waals surface area contributed by atoms with Crippen LogP contribution in [0, 0.1) is 16.0 Å². The number of nitro groups is 1. The smallest absolute Gasteiger partial charge is 0.269 e. The van der Waals surface area contributed by atoms with Gasteiger partial charge in [-0.1, -0.05) is 42.5 Å². The molecule has 0 spiro atoms. The largest absolute Gasteiger partial charge is 0.378 e. The van der Waals surface area contributed by atoms with Gasteiger partial charge in [0, 0.05) is 30.0 Å². The fourth-order valence-electron chi connectivity index (χ4n) is 4.47. The summed E-state index contributed by atoms with van der Waals surface area (Å²) in [6, 6.07) is 23.6. The van der Waals surface area contributed by atoms with Crippen molar-refractivity contribution in [1.29, 1.82) is 0 Å². The minimum Gasteiger partial charge on any atom is -0.378 e. The summed E-state index contributed by atoms with van der Waals surface area (Å²) in [7, 11) is 0. The van der Waals surface area contributed by atoms with Crippen LogP contribution in [0.15, 0.2) is 89.9 Å². The van der Waals surface area contributed by atoms with Gasteiger partial charge in [-0.05, 0) is 59.4 Å². The fraction of sp³-hybridized carbons (Fsp3) is 0.160. The number of nitrogens with zero attached hydrogens (tertiary/aromatic N) is 2. The SMILES string of the molecule is O=[N+]([O-])c1ccc(C=Nc2ccc([C@@H]3Nc4ccccc4[C@H]4C=CC[C@H]43)cc2)cc1. The first-order valence-electron chi connectivity index (χ1n) is 10.1. The van der Waals surface area contributed by atoms with Gasteiger partial charge in [0.05, 0.1) is 16.7 Å². The highest BCUT2D eigenvalue weighted by Gasteiger charge is 2.37. The monoisotopic (exact) mass is 395 g/mol. The maximum atomic E-state index is 10.8. The Morgan fingerprint density at radius 1 is 1.00 bits per heavy atom. The molecule has 0 amide bonds. The molecule has 0 radical (unpaired) electrons. The van der Waals surface area contributed by atoms with Gasteiger partial charge in [0.1, 0.15) is 0 Å². The van der Waals surface area contributed by atoms with Gasteiger partial charge in [-0.3, -0.25) is 15.1 Å². The number of benzene rings is 3. The van der Waals surface area contributed by atoms with E-state index in [1.807, 2.05) is 12.1 Å². The molecule has 3 atom stereocenters. The van der Waals surface area contributed by atoms with E-state index >= 15 is 0 Å². The van der Waals surface area contributed by atoms with Crippen molar-refractivity contribution in [2.24, 2.45) is 10.9 Å². The molecule has 30 heavy (non-hydrogen) atoms. The van der Waals surface area contributed by atoms with Crippen LogP contribution in [0.3, 0.4) is 0 Å². The van der Waals surface area contributed by atoms with E-state index in [9.17, 15) is 10.1 Å². The number of nitrogens with one attached hydrogen (secondary N) is 1. The second-order valence-corrected chi connectivity index (χ2v) is 7.76. The molecule has 0 fully saturated rings. The number of para-hydroxylation sites is 1. The highest BCUT2D eigenvalue weighted by molar-refractivity contribution is 5.82. The summed E-state index contributed by atoms with van der Waals surface area (Å²) in [5.74, 6) is 0.988. The molecule has 1 heterocycles. The van der Waals surface area contributed by atoms with Crippen LogP contribution in [-0.2, 0) is 0 Å². The first kappa shape index (κ1) is 18.3. The van der Waals surface area contributed by atoms with Gasteiger partial charge >= 0.3 is 0 Å². The topological polar surface area (TPSA) is 67.5 Å². The Kier molecular flexibility index (Phi) is 4.64. The van der Waals surface area contributed by atoms with Crippen molar-refractivity contribution in [3.63, 3.8) is 0 Å². The molecule has 0 bridgehead atoms. The molecule has 0 aromatic heterocycles. The molecule has 1 aliphatic carbocycles. The van der Waals surface area contributed by atoms with Gasteiger partial charge in [-0.2, -0.15) is 0 Å². The van der Waals surface area contributed by atoms with Crippen LogP contribution in [0.2, 0.25) is 0 Å². The summed E-state index contributed by atoms with van der Waals surface area (Å²) < 4.78 is 0. The lowest BCUT2D eigenvalue weighted by Crippen LogP contribution is -2.28. The molecule has 5 heteroatoms. The summed E-state index contributed by atoms with van der Waals surface area (Å²) in [5.41, 5.74) is 5.63. The van der Waals surface area contributed by atoms with Crippen molar-refractivity contribution in [3.8, 4) is 0 Å². The molecule has 2 aliphatic rings. The van der Waals surface area contributed by atoms with Crippen molar-refractivity contribution < 1.29 is 4.92 Å². The number of hydrogen-bond acceptors (Lipinski definition) is 4. The van der Waals surface area contributed by atoms with Crippen LogP contribution >= 0.6 is 0 Å². The molecule has 0 saturated carbocycles. The standard InChI is InChI=1S/C25H21N3O2/c29-28(30)20-14-8-17(9-15-20)16-26-19-12-10-18(11-13-19)25-23-6-3-5-21(23)22-4-1-2-7-24(22)27-25/h1-5,7-16,21,23,25,27H,6H2/t21-,23-,25+/m1/s1. The number of aliphatic imine (C=N–C) groups is 1. The van der Waals surface area contributed by atoms with Crippen LogP contribution in [0.4, 0.5) is 17.1 Å². The van der Waals surface area contributed by atoms with Crippen LogP contribution in [-0.4, -0.2) is 11.1 Å². The number of rotatable bonds is 4. The average Bonchev–Trinajstić information content (AvgIpc) is 3.28. The highest BCUT2D eigenvalue weighted by atomic mass is 16.6. The third-order valence-corrected chi connectivity index (χ3v) is 5.99. The van der Waals surface area contributed by atoms with Crippen molar-refractivity contribution >= 4 is 23.3 Å². The molecule has 1 N–H and O–H groups in total. The van der Waals surface area contributed by atoms with E-state index in [0.29, 0.717) is 11.8 Å². The molecular formula is C25H21N3O2. The van der Waals surface area contributed by atoms with Crippen LogP contribution < -0.4 is 5.32 Å². The number of hydrogen-bond donors (Lipinski definition) is 1. The Morgan fingerprint density at radius 3 is 2.53 bits per heavy atom. The van der Waals surface area contributed by atoms with E-state index in [4.69, 9.17) is 0 Å². The first-order chi connectivity index (χ1) is 14.7. The lowest BCUT2D eigenvalue weighted by molar-refractivity contribution is -0.384. The average molecular weight is 395 g/mol. The molecule has 3 aromatic carbocycles. The quantitative estimate of drug-likeness (QED) is 0.248. The van der Waals surface area contributed by atoms with Gasteiger partial charge < -0.3 is 5.32 Å². The Hall–Kier alpha value is -3.73. The minimum atomic E-state index is -0.401. The molecule has 0 saturated heterocycles. The predicted molar refractivity (Wildman–Crippen MR) is 120 cm³/mol. The predicted octanol–water partition coefficient (Wildman–Crippen LogP) is 6.17. The second-order valence-electron chi connectivity index (χ2n) is 7.76. The maximum absolute atomic E-state index is 10.8. The van der Waals surface area contributed by atoms with Gasteiger partial charge in [-0.15, -0.1) is 0 Å². The van der Waals surface area contributed by atoms with Gasteiger partial charge in [0.15, 0.2) is 0 Å². The number of anilines is 1. The molecule has 5 rings (SSSR count). The zero-order valence-corrected chi connectivity index (χ0v) is 16.3. The molecule has 5 nitrogen and oxygen atoms in total. The van der Waals surface area contributed by atoms with Gasteiger partial charge in [0.2, 0.25) is 0 Å². The van der Waals surface area contributed by atoms with Crippen LogP contribution in [0.5, 0.6) is 0 Å². The van der Waals surface area contributed by atoms with E-state index in [2.05, 4.69) is 58.9 Å². The summed E-state index contributed by atoms with van der Waals surface area (Å²) >= 11 is 0. The zero-order valence-electron chi connectivity index (χ0n) is 16.3. The first-order valence-corrected chi connectivity index (χ1v) is 10.1. The normalized spacial score (nSPS) is 21.8. The van der Waals surface area contributed by atoms with E-state index < -0.39 is 4.92 Å². The van der Waals surface area contributed by atoms with Crippen molar-refractivity contribution in [2.45, 2.75) is 18.4 Å². The number of non-ortho nitro benzene ring substituents is 1. The Labute approximate surface area is 174 Å². The number of nitro benzene ring substituents is 1. The van der Waals surface area contributed by atoms with Crippen LogP contribution in [0.25, 0.3) is 0 Å². The third-order valence-electron chi connectivity index (χ3n) is 5.99. The van der Waals surface area contributed by atoms with Crippen molar-refractivity contribution in [1.82, 2.24) is 0 Å². The Bertz CT molecular complexity index is 1130. The second kappa shape index (κ2) is 7.59. The summed E-state index contributed by atoms with van der Waals surface area (Å²) in [5, 5.41) is 14.5. The fourth-order valence-corrected chi connectivity index (χ4v) is 4.47. The van der Waals surface area contributed by atoms with Crippen LogP contribution in [0.1, 0.15) is 35.1 Å². The number of allylic oxidation sites excluding steroid dienone is 2. The van der Waals surface area contributed by atoms with Crippen molar-refractivity contribution in [3.05, 3.63) is 112 Å². The van der Waals surface area contributed by atoms with E-state index in [1.54, 1.807) is 18.3 Å². The minimum absolute atomic E-state index is 0.0813. The van der Waals surface area contributed by atoms with E-state index in [0.717, 1.165) is 17.7 Å².